The number of benzene rings is 1. The van der Waals surface area contributed by atoms with Crippen molar-refractivity contribution in [2.45, 2.75) is 6.54 Å². The lowest BCUT2D eigenvalue weighted by Gasteiger charge is -2.14. The van der Waals surface area contributed by atoms with Crippen molar-refractivity contribution >= 4 is 16.5 Å². The summed E-state index contributed by atoms with van der Waals surface area (Å²) >= 11 is 1.53. The van der Waals surface area contributed by atoms with Crippen LogP contribution in [0.15, 0.2) is 23.7 Å². The molecule has 0 fully saturated rings. The van der Waals surface area contributed by atoms with Crippen molar-refractivity contribution < 1.29 is 14.2 Å². The first-order chi connectivity index (χ1) is 9.78. The highest BCUT2D eigenvalue weighted by Crippen LogP contribution is 2.38. The number of methoxy groups -OCH3 is 3. The van der Waals surface area contributed by atoms with Gasteiger partial charge in [-0.3, -0.25) is 5.43 Å². The van der Waals surface area contributed by atoms with Gasteiger partial charge in [0.1, 0.15) is 0 Å². The van der Waals surface area contributed by atoms with Gasteiger partial charge in [-0.05, 0) is 17.7 Å². The lowest BCUT2D eigenvalue weighted by atomic mass is 10.2. The van der Waals surface area contributed by atoms with E-state index in [1.165, 1.54) is 11.3 Å². The number of aromatic nitrogens is 1. The van der Waals surface area contributed by atoms with Gasteiger partial charge in [0.05, 0.1) is 21.3 Å². The maximum absolute atomic E-state index is 5.31. The highest BCUT2D eigenvalue weighted by molar-refractivity contribution is 7.13. The van der Waals surface area contributed by atoms with E-state index >= 15 is 0 Å². The topological polar surface area (TPSA) is 64.6 Å². The Labute approximate surface area is 121 Å². The molecule has 0 atom stereocenters. The van der Waals surface area contributed by atoms with Crippen molar-refractivity contribution in [1.82, 2.24) is 10.4 Å². The van der Waals surface area contributed by atoms with Gasteiger partial charge >= 0.3 is 0 Å². The molecular weight excluding hydrogens is 278 g/mol. The molecule has 0 aliphatic heterocycles. The molecule has 0 aliphatic carbocycles. The van der Waals surface area contributed by atoms with Gasteiger partial charge in [0, 0.05) is 18.1 Å². The van der Waals surface area contributed by atoms with E-state index in [0.29, 0.717) is 23.8 Å². The van der Waals surface area contributed by atoms with Gasteiger partial charge in [-0.15, -0.1) is 11.3 Å². The minimum atomic E-state index is 0.589. The first-order valence-corrected chi connectivity index (χ1v) is 6.83. The van der Waals surface area contributed by atoms with Crippen LogP contribution in [0.3, 0.4) is 0 Å². The van der Waals surface area contributed by atoms with Crippen molar-refractivity contribution in [3.63, 3.8) is 0 Å². The summed E-state index contributed by atoms with van der Waals surface area (Å²) in [4.78, 5) is 4.12. The summed E-state index contributed by atoms with van der Waals surface area (Å²) in [6.07, 6.45) is 1.74. The van der Waals surface area contributed by atoms with Gasteiger partial charge in [-0.25, -0.2) is 10.4 Å². The van der Waals surface area contributed by atoms with Crippen molar-refractivity contribution in [2.24, 2.45) is 0 Å². The van der Waals surface area contributed by atoms with Crippen LogP contribution in [-0.4, -0.2) is 26.3 Å². The van der Waals surface area contributed by atoms with E-state index < -0.39 is 0 Å². The molecule has 0 unspecified atom stereocenters. The van der Waals surface area contributed by atoms with Crippen LogP contribution in [0, 0.1) is 0 Å². The highest BCUT2D eigenvalue weighted by Gasteiger charge is 2.12. The molecule has 0 spiro atoms. The van der Waals surface area contributed by atoms with Crippen LogP contribution in [0.2, 0.25) is 0 Å². The molecule has 0 saturated heterocycles. The molecule has 0 radical (unpaired) electrons. The van der Waals surface area contributed by atoms with E-state index in [1.807, 2.05) is 17.5 Å². The maximum atomic E-state index is 5.31. The molecular formula is C13H17N3O3S. The molecule has 20 heavy (non-hydrogen) atoms. The third kappa shape index (κ3) is 3.31. The molecule has 7 heteroatoms. The number of hydrogen-bond acceptors (Lipinski definition) is 7. The number of anilines is 1. The van der Waals surface area contributed by atoms with E-state index in [-0.39, 0.29) is 0 Å². The second-order valence-corrected chi connectivity index (χ2v) is 4.74. The number of thiazole rings is 1. The molecule has 0 aliphatic rings. The summed E-state index contributed by atoms with van der Waals surface area (Å²) < 4.78 is 15.9. The van der Waals surface area contributed by atoms with Gasteiger partial charge in [-0.2, -0.15) is 0 Å². The molecule has 2 rings (SSSR count). The second kappa shape index (κ2) is 6.97. The Morgan fingerprint density at radius 2 is 1.80 bits per heavy atom. The molecule has 1 heterocycles. The average molecular weight is 295 g/mol. The van der Waals surface area contributed by atoms with Gasteiger partial charge in [0.15, 0.2) is 16.6 Å². The Morgan fingerprint density at radius 1 is 1.10 bits per heavy atom. The zero-order chi connectivity index (χ0) is 14.4. The van der Waals surface area contributed by atoms with Gasteiger partial charge in [-0.1, -0.05) is 0 Å². The lowest BCUT2D eigenvalue weighted by molar-refractivity contribution is 0.323. The lowest BCUT2D eigenvalue weighted by Crippen LogP contribution is -2.20. The van der Waals surface area contributed by atoms with Gasteiger partial charge in [0.2, 0.25) is 5.75 Å². The maximum Gasteiger partial charge on any atom is 0.203 e. The Morgan fingerprint density at radius 3 is 2.30 bits per heavy atom. The molecule has 1 aromatic heterocycles. The summed E-state index contributed by atoms with van der Waals surface area (Å²) in [5, 5.41) is 2.72. The molecule has 2 aromatic rings. The van der Waals surface area contributed by atoms with Crippen LogP contribution in [0.4, 0.5) is 5.13 Å². The zero-order valence-corrected chi connectivity index (χ0v) is 12.4. The van der Waals surface area contributed by atoms with E-state index in [0.717, 1.165) is 10.7 Å². The summed E-state index contributed by atoms with van der Waals surface area (Å²) in [5.41, 5.74) is 7.11. The highest BCUT2D eigenvalue weighted by atomic mass is 32.1. The SMILES string of the molecule is COc1cc(CNNc2nccs2)cc(OC)c1OC. The first-order valence-electron chi connectivity index (χ1n) is 5.95. The largest absolute Gasteiger partial charge is 0.493 e. The van der Waals surface area contributed by atoms with Crippen molar-refractivity contribution in [1.29, 1.82) is 0 Å². The number of hydrazine groups is 1. The standard InChI is InChI=1S/C13H17N3O3S/c1-17-10-6-9(7-11(18-2)12(10)19-3)8-15-16-13-14-4-5-20-13/h4-7,15H,8H2,1-3H3,(H,14,16). The Bertz CT molecular complexity index is 521. The summed E-state index contributed by atoms with van der Waals surface area (Å²) in [6.45, 7) is 0.594. The predicted molar refractivity (Wildman–Crippen MR) is 78.7 cm³/mol. The summed E-state index contributed by atoms with van der Waals surface area (Å²) in [5.74, 6) is 1.86. The fourth-order valence-corrected chi connectivity index (χ4v) is 2.25. The Kier molecular flexibility index (Phi) is 5.03. The smallest absolute Gasteiger partial charge is 0.203 e. The first kappa shape index (κ1) is 14.4. The second-order valence-electron chi connectivity index (χ2n) is 3.85. The molecule has 6 nitrogen and oxygen atoms in total. The molecule has 1 aromatic carbocycles. The van der Waals surface area contributed by atoms with Crippen LogP contribution in [0.1, 0.15) is 5.56 Å². The number of nitrogens with zero attached hydrogens (tertiary/aromatic N) is 1. The van der Waals surface area contributed by atoms with Crippen molar-refractivity contribution in [3.8, 4) is 17.2 Å². The van der Waals surface area contributed by atoms with Crippen LogP contribution in [0.25, 0.3) is 0 Å². The van der Waals surface area contributed by atoms with E-state index in [1.54, 1.807) is 27.5 Å². The van der Waals surface area contributed by atoms with E-state index in [9.17, 15) is 0 Å². The van der Waals surface area contributed by atoms with E-state index in [2.05, 4.69) is 15.8 Å². The van der Waals surface area contributed by atoms with E-state index in [4.69, 9.17) is 14.2 Å². The van der Waals surface area contributed by atoms with Crippen LogP contribution in [-0.2, 0) is 6.54 Å². The van der Waals surface area contributed by atoms with Gasteiger partial charge in [0.25, 0.3) is 0 Å². The number of nitrogens with one attached hydrogen (secondary N) is 2. The predicted octanol–water partition coefficient (Wildman–Crippen LogP) is 2.29. The van der Waals surface area contributed by atoms with Crippen LogP contribution in [0.5, 0.6) is 17.2 Å². The van der Waals surface area contributed by atoms with Crippen LogP contribution < -0.4 is 25.1 Å². The quantitative estimate of drug-likeness (QED) is 0.764. The molecule has 2 N–H and O–H groups in total. The zero-order valence-electron chi connectivity index (χ0n) is 11.6. The Balaban J connectivity index is 2.07. The fraction of sp³-hybridized carbons (Fsp3) is 0.308. The monoisotopic (exact) mass is 295 g/mol. The third-order valence-electron chi connectivity index (χ3n) is 2.64. The fourth-order valence-electron chi connectivity index (χ4n) is 1.74. The molecule has 0 bridgehead atoms. The Hall–Kier alpha value is -1.99. The summed E-state index contributed by atoms with van der Waals surface area (Å²) in [7, 11) is 4.78. The number of ether oxygens (including phenoxy) is 3. The number of hydrogen-bond donors (Lipinski definition) is 2. The minimum absolute atomic E-state index is 0.589. The normalized spacial score (nSPS) is 10.2. The molecule has 0 saturated carbocycles. The average Bonchev–Trinajstić information content (AvgIpc) is 2.99. The van der Waals surface area contributed by atoms with Gasteiger partial charge < -0.3 is 14.2 Å². The molecule has 0 amide bonds. The van der Waals surface area contributed by atoms with Crippen LogP contribution >= 0.6 is 11.3 Å². The minimum Gasteiger partial charge on any atom is -0.493 e. The summed E-state index contributed by atoms with van der Waals surface area (Å²) in [6, 6.07) is 3.80. The number of rotatable bonds is 7. The van der Waals surface area contributed by atoms with Crippen molar-refractivity contribution in [3.05, 3.63) is 29.3 Å². The molecule has 108 valence electrons. The van der Waals surface area contributed by atoms with Crippen molar-refractivity contribution in [2.75, 3.05) is 26.8 Å². The third-order valence-corrected chi connectivity index (χ3v) is 3.33.